The van der Waals surface area contributed by atoms with Gasteiger partial charge in [0.25, 0.3) is 0 Å². The maximum Gasteiger partial charge on any atom is 0.339 e. The molecular formula is C13H10O5. The molecule has 1 saturated carbocycles. The number of ketones is 2. The molecule has 18 heavy (non-hydrogen) atoms. The lowest BCUT2D eigenvalue weighted by Crippen LogP contribution is -2.28. The molecule has 0 heterocycles. The van der Waals surface area contributed by atoms with Crippen LogP contribution < -0.4 is 0 Å². The number of aldehydes is 1. The zero-order valence-electron chi connectivity index (χ0n) is 9.42. The quantitative estimate of drug-likeness (QED) is 0.451. The van der Waals surface area contributed by atoms with Crippen molar-refractivity contribution < 1.29 is 23.9 Å². The summed E-state index contributed by atoms with van der Waals surface area (Å²) in [7, 11) is 0. The van der Waals surface area contributed by atoms with Crippen molar-refractivity contribution in [2.45, 2.75) is 18.9 Å². The summed E-state index contributed by atoms with van der Waals surface area (Å²) >= 11 is 0. The number of benzene rings is 1. The standard InChI is InChI=1S/C13H10O5/c14-7-8-1-3-9(4-2-8)13(17)18-12-10(15)5-6-11(12)16/h1-4,7,12H,5-6H2. The molecule has 0 radical (unpaired) electrons. The molecule has 1 aliphatic rings. The number of hydrogen-bond donors (Lipinski definition) is 0. The van der Waals surface area contributed by atoms with Crippen molar-refractivity contribution in [2.24, 2.45) is 0 Å². The molecule has 0 N–H and O–H groups in total. The van der Waals surface area contributed by atoms with E-state index in [2.05, 4.69) is 0 Å². The Bertz CT molecular complexity index is 499. The minimum Gasteiger partial charge on any atom is -0.443 e. The van der Waals surface area contributed by atoms with Crippen molar-refractivity contribution in [1.82, 2.24) is 0 Å². The van der Waals surface area contributed by atoms with Crippen molar-refractivity contribution in [2.75, 3.05) is 0 Å². The molecule has 5 nitrogen and oxygen atoms in total. The zero-order chi connectivity index (χ0) is 13.1. The molecular weight excluding hydrogens is 236 g/mol. The fourth-order valence-corrected chi connectivity index (χ4v) is 1.69. The number of esters is 1. The number of Topliss-reactive ketones (excluding diaryl/α,β-unsaturated/α-hetero) is 2. The van der Waals surface area contributed by atoms with Gasteiger partial charge in [-0.15, -0.1) is 0 Å². The number of hydrogen-bond acceptors (Lipinski definition) is 5. The molecule has 1 aromatic carbocycles. The minimum atomic E-state index is -1.26. The van der Waals surface area contributed by atoms with E-state index < -0.39 is 12.1 Å². The molecule has 0 spiro atoms. The molecule has 0 atom stereocenters. The molecule has 0 unspecified atom stereocenters. The molecule has 1 fully saturated rings. The number of rotatable bonds is 3. The maximum atomic E-state index is 11.7. The van der Waals surface area contributed by atoms with Gasteiger partial charge in [0.15, 0.2) is 11.6 Å². The van der Waals surface area contributed by atoms with Crippen LogP contribution in [0, 0.1) is 0 Å². The molecule has 0 aromatic heterocycles. The highest BCUT2D eigenvalue weighted by atomic mass is 16.6. The zero-order valence-corrected chi connectivity index (χ0v) is 9.42. The third-order valence-electron chi connectivity index (χ3n) is 2.71. The summed E-state index contributed by atoms with van der Waals surface area (Å²) in [6, 6.07) is 5.75. The van der Waals surface area contributed by atoms with E-state index >= 15 is 0 Å². The summed E-state index contributed by atoms with van der Waals surface area (Å²) in [5.41, 5.74) is 0.632. The third-order valence-corrected chi connectivity index (χ3v) is 2.71. The molecule has 5 heteroatoms. The highest BCUT2D eigenvalue weighted by molar-refractivity contribution is 6.13. The minimum absolute atomic E-state index is 0.126. The Morgan fingerprint density at radius 3 is 2.17 bits per heavy atom. The van der Waals surface area contributed by atoms with E-state index in [0.717, 1.165) is 0 Å². The van der Waals surface area contributed by atoms with Gasteiger partial charge < -0.3 is 4.74 Å². The van der Waals surface area contributed by atoms with E-state index in [1.54, 1.807) is 0 Å². The van der Waals surface area contributed by atoms with Gasteiger partial charge in [0.05, 0.1) is 5.56 Å². The Labute approximate surface area is 103 Å². The smallest absolute Gasteiger partial charge is 0.339 e. The Morgan fingerprint density at radius 1 is 1.11 bits per heavy atom. The molecule has 92 valence electrons. The van der Waals surface area contributed by atoms with Crippen LogP contribution >= 0.6 is 0 Å². The first-order valence-electron chi connectivity index (χ1n) is 5.43. The average molecular weight is 246 g/mol. The lowest BCUT2D eigenvalue weighted by molar-refractivity contribution is -0.133. The summed E-state index contributed by atoms with van der Waals surface area (Å²) in [5, 5.41) is 0. The molecule has 1 aromatic rings. The van der Waals surface area contributed by atoms with Crippen molar-refractivity contribution in [3.05, 3.63) is 35.4 Å². The van der Waals surface area contributed by atoms with Crippen LogP contribution in [0.15, 0.2) is 24.3 Å². The number of carbonyl (C=O) groups excluding carboxylic acids is 4. The predicted octanol–water partition coefficient (Wildman–Crippen LogP) is 0.957. The average Bonchev–Trinajstić information content (AvgIpc) is 2.70. The van der Waals surface area contributed by atoms with Gasteiger partial charge in [-0.2, -0.15) is 0 Å². The first kappa shape index (κ1) is 12.2. The van der Waals surface area contributed by atoms with Gasteiger partial charge in [-0.05, 0) is 12.1 Å². The van der Waals surface area contributed by atoms with Crippen LogP contribution in [-0.2, 0) is 14.3 Å². The Balaban J connectivity index is 2.09. The number of carbonyl (C=O) groups is 4. The summed E-state index contributed by atoms with van der Waals surface area (Å²) < 4.78 is 4.87. The highest BCUT2D eigenvalue weighted by Gasteiger charge is 2.36. The Morgan fingerprint density at radius 2 is 1.67 bits per heavy atom. The first-order chi connectivity index (χ1) is 8.61. The molecule has 0 aliphatic heterocycles. The monoisotopic (exact) mass is 246 g/mol. The van der Waals surface area contributed by atoms with Gasteiger partial charge in [-0.25, -0.2) is 4.79 Å². The summed E-state index contributed by atoms with van der Waals surface area (Å²) in [5.74, 6) is -1.46. The second kappa shape index (κ2) is 4.91. The second-order valence-electron chi connectivity index (χ2n) is 3.96. The fraction of sp³-hybridized carbons (Fsp3) is 0.231. The topological polar surface area (TPSA) is 77.5 Å². The van der Waals surface area contributed by atoms with Crippen LogP contribution in [0.2, 0.25) is 0 Å². The first-order valence-corrected chi connectivity index (χ1v) is 5.43. The van der Waals surface area contributed by atoms with Gasteiger partial charge in [0, 0.05) is 18.4 Å². The lowest BCUT2D eigenvalue weighted by atomic mass is 10.1. The van der Waals surface area contributed by atoms with Crippen molar-refractivity contribution in [3.8, 4) is 0 Å². The fourth-order valence-electron chi connectivity index (χ4n) is 1.69. The van der Waals surface area contributed by atoms with Gasteiger partial charge in [0.1, 0.15) is 6.29 Å². The van der Waals surface area contributed by atoms with Crippen LogP contribution in [0.1, 0.15) is 33.6 Å². The van der Waals surface area contributed by atoms with Crippen molar-refractivity contribution in [3.63, 3.8) is 0 Å². The molecule has 0 bridgehead atoms. The van der Waals surface area contributed by atoms with Gasteiger partial charge in [-0.1, -0.05) is 12.1 Å². The lowest BCUT2D eigenvalue weighted by Gasteiger charge is -2.09. The largest absolute Gasteiger partial charge is 0.443 e. The number of ether oxygens (including phenoxy) is 1. The van der Waals surface area contributed by atoms with E-state index in [1.165, 1.54) is 24.3 Å². The van der Waals surface area contributed by atoms with Crippen LogP contribution in [0.4, 0.5) is 0 Å². The molecule has 0 saturated heterocycles. The van der Waals surface area contributed by atoms with Gasteiger partial charge in [0.2, 0.25) is 6.10 Å². The Kier molecular flexibility index (Phi) is 3.32. The van der Waals surface area contributed by atoms with Crippen LogP contribution in [0.25, 0.3) is 0 Å². The van der Waals surface area contributed by atoms with Gasteiger partial charge >= 0.3 is 5.97 Å². The molecule has 0 amide bonds. The van der Waals surface area contributed by atoms with E-state index in [0.29, 0.717) is 11.8 Å². The normalized spacial score (nSPS) is 15.8. The summed E-state index contributed by atoms with van der Waals surface area (Å²) in [6.45, 7) is 0. The van der Waals surface area contributed by atoms with Crippen LogP contribution in [0.5, 0.6) is 0 Å². The van der Waals surface area contributed by atoms with Crippen LogP contribution in [0.3, 0.4) is 0 Å². The summed E-state index contributed by atoms with van der Waals surface area (Å²) in [4.78, 5) is 44.7. The van der Waals surface area contributed by atoms with Crippen molar-refractivity contribution >= 4 is 23.8 Å². The maximum absolute atomic E-state index is 11.7. The van der Waals surface area contributed by atoms with Crippen molar-refractivity contribution in [1.29, 1.82) is 0 Å². The summed E-state index contributed by atoms with van der Waals surface area (Å²) in [6.07, 6.45) is -0.357. The second-order valence-corrected chi connectivity index (χ2v) is 3.96. The molecule has 2 rings (SSSR count). The predicted molar refractivity (Wildman–Crippen MR) is 60.3 cm³/mol. The van der Waals surface area contributed by atoms with E-state index in [1.807, 2.05) is 0 Å². The van der Waals surface area contributed by atoms with E-state index in [-0.39, 0.29) is 30.0 Å². The molecule has 1 aliphatic carbocycles. The van der Waals surface area contributed by atoms with Gasteiger partial charge in [-0.3, -0.25) is 14.4 Å². The highest BCUT2D eigenvalue weighted by Crippen LogP contribution is 2.16. The Hall–Kier alpha value is -2.30. The third kappa shape index (κ3) is 2.34. The SMILES string of the molecule is O=Cc1ccc(C(=O)OC2C(=O)CCC2=O)cc1. The van der Waals surface area contributed by atoms with Crippen LogP contribution in [-0.4, -0.2) is 29.9 Å². The van der Waals surface area contributed by atoms with E-state index in [4.69, 9.17) is 4.74 Å². The van der Waals surface area contributed by atoms with E-state index in [9.17, 15) is 19.2 Å².